The van der Waals surface area contributed by atoms with Crippen molar-refractivity contribution in [3.63, 3.8) is 0 Å². The minimum atomic E-state index is -1.13. The average molecular weight is 497 g/mol. The van der Waals surface area contributed by atoms with E-state index in [1.165, 1.54) is 6.07 Å². The average Bonchev–Trinajstić information content (AvgIpc) is 3.28. The van der Waals surface area contributed by atoms with Crippen molar-refractivity contribution in [2.75, 3.05) is 11.4 Å². The van der Waals surface area contributed by atoms with Gasteiger partial charge >= 0.3 is 5.97 Å². The van der Waals surface area contributed by atoms with E-state index < -0.39 is 11.8 Å². The molecule has 3 aromatic rings. The number of hydrogen-bond donors (Lipinski definition) is 1. The molecule has 182 valence electrons. The molecule has 2 heterocycles. The summed E-state index contributed by atoms with van der Waals surface area (Å²) in [6.45, 7) is 3.11. The number of benzene rings is 2. The van der Waals surface area contributed by atoms with Gasteiger partial charge in [-0.3, -0.25) is 0 Å². The van der Waals surface area contributed by atoms with Crippen LogP contribution in [0.5, 0.6) is 0 Å². The summed E-state index contributed by atoms with van der Waals surface area (Å²) >= 11 is 6.54. The molecule has 2 saturated carbocycles. The van der Waals surface area contributed by atoms with Gasteiger partial charge in [-0.2, -0.15) is 0 Å². The van der Waals surface area contributed by atoms with Crippen molar-refractivity contribution < 1.29 is 23.6 Å². The van der Waals surface area contributed by atoms with Gasteiger partial charge in [-0.25, -0.2) is 9.18 Å². The van der Waals surface area contributed by atoms with Crippen LogP contribution in [0.1, 0.15) is 58.8 Å². The molecule has 0 radical (unpaired) electrons. The number of aromatic carboxylic acids is 1. The molecule has 0 spiro atoms. The Morgan fingerprint density at radius 1 is 1.29 bits per heavy atom. The lowest BCUT2D eigenvalue weighted by molar-refractivity contribution is 0.0122. The monoisotopic (exact) mass is 496 g/mol. The topological polar surface area (TPSA) is 75.8 Å². The third-order valence-corrected chi connectivity index (χ3v) is 7.96. The Morgan fingerprint density at radius 3 is 2.77 bits per heavy atom. The number of hydrogen-bond acceptors (Lipinski definition) is 5. The molecule has 3 aliphatic rings. The van der Waals surface area contributed by atoms with E-state index in [-0.39, 0.29) is 23.6 Å². The van der Waals surface area contributed by atoms with Gasteiger partial charge in [-0.15, -0.1) is 0 Å². The Bertz CT molecular complexity index is 1280. The number of fused-ring (bicyclic) bond motifs is 2. The van der Waals surface area contributed by atoms with Crippen LogP contribution in [0.25, 0.3) is 11.3 Å². The van der Waals surface area contributed by atoms with Crippen molar-refractivity contribution in [3.8, 4) is 11.3 Å². The molecule has 6 nitrogen and oxygen atoms in total. The summed E-state index contributed by atoms with van der Waals surface area (Å²) in [6, 6.07) is 10.1. The molecular formula is C27H26ClFN2O4. The number of halogens is 2. The van der Waals surface area contributed by atoms with E-state index in [0.29, 0.717) is 29.8 Å². The van der Waals surface area contributed by atoms with Crippen molar-refractivity contribution in [1.82, 2.24) is 5.16 Å². The summed E-state index contributed by atoms with van der Waals surface area (Å²) in [5.41, 5.74) is 4.11. The Balaban J connectivity index is 1.19. The van der Waals surface area contributed by atoms with Gasteiger partial charge in [0.25, 0.3) is 0 Å². The molecule has 0 amide bonds. The number of carboxylic acid groups (broad SMARTS) is 1. The first-order chi connectivity index (χ1) is 16.9. The van der Waals surface area contributed by atoms with Gasteiger partial charge in [0.2, 0.25) is 0 Å². The molecule has 1 N–H and O–H groups in total. The second-order valence-corrected chi connectivity index (χ2v) is 10.3. The van der Waals surface area contributed by atoms with Crippen LogP contribution in [0.15, 0.2) is 40.9 Å². The lowest BCUT2D eigenvalue weighted by atomic mass is 10.00. The molecule has 8 heteroatoms. The predicted molar refractivity (Wildman–Crippen MR) is 129 cm³/mol. The molecule has 1 aromatic heterocycles. The summed E-state index contributed by atoms with van der Waals surface area (Å²) in [5, 5.41) is 14.2. The molecule has 35 heavy (non-hydrogen) atoms. The van der Waals surface area contributed by atoms with Crippen LogP contribution in [-0.2, 0) is 11.3 Å². The molecular weight excluding hydrogens is 471 g/mol. The molecule has 6 rings (SSSR count). The Morgan fingerprint density at radius 2 is 2.11 bits per heavy atom. The van der Waals surface area contributed by atoms with E-state index in [1.807, 2.05) is 25.1 Å². The lowest BCUT2D eigenvalue weighted by Gasteiger charge is -2.33. The smallest absolute Gasteiger partial charge is 0.335 e. The fraction of sp³-hybridized carbons (Fsp3) is 0.407. The SMILES string of the molecule is Cc1cccc(Cl)c1-c1noc(C2CC2)c1CO[C@H]1C[C@@H]2C[C@H]1CN2c1ccc(C(=O)O)cc1F. The maximum absolute atomic E-state index is 14.7. The fourth-order valence-corrected chi connectivity index (χ4v) is 6.04. The Hall–Kier alpha value is -2.90. The third-order valence-electron chi connectivity index (χ3n) is 7.65. The van der Waals surface area contributed by atoms with Crippen LogP contribution in [0.3, 0.4) is 0 Å². The number of piperidine rings is 1. The summed E-state index contributed by atoms with van der Waals surface area (Å²) in [5.74, 6) is -0.0337. The molecule has 3 fully saturated rings. The van der Waals surface area contributed by atoms with Gasteiger partial charge in [0, 0.05) is 35.5 Å². The first-order valence-electron chi connectivity index (χ1n) is 12.1. The summed E-state index contributed by atoms with van der Waals surface area (Å²) in [7, 11) is 0. The predicted octanol–water partition coefficient (Wildman–Crippen LogP) is 6.20. The first kappa shape index (κ1) is 22.6. The van der Waals surface area contributed by atoms with Gasteiger partial charge < -0.3 is 19.3 Å². The van der Waals surface area contributed by atoms with E-state index in [4.69, 9.17) is 26.0 Å². The van der Waals surface area contributed by atoms with E-state index >= 15 is 0 Å². The standard InChI is InChI=1S/C27H26ClFN2O4/c1-14-3-2-4-20(28)24(14)25-19(26(35-30-25)15-5-6-15)13-34-23-11-18-9-17(23)12-31(18)22-8-7-16(27(32)33)10-21(22)29/h2-4,7-8,10,15,17-18,23H,5-6,9,11-13H2,1H3,(H,32,33)/t17-,18-,23-/m0/s1. The normalized spacial score (nSPS) is 23.3. The maximum atomic E-state index is 14.7. The number of ether oxygens (including phenoxy) is 1. The fourth-order valence-electron chi connectivity index (χ4n) is 5.72. The van der Waals surface area contributed by atoms with Crippen LogP contribution in [-0.4, -0.2) is 34.9 Å². The number of carboxylic acids is 1. The number of anilines is 1. The minimum absolute atomic E-state index is 0.0402. The van der Waals surface area contributed by atoms with Crippen molar-refractivity contribution in [2.24, 2.45) is 5.92 Å². The highest BCUT2D eigenvalue weighted by atomic mass is 35.5. The zero-order chi connectivity index (χ0) is 24.3. The summed E-state index contributed by atoms with van der Waals surface area (Å²) in [6.07, 6.45) is 3.99. The molecule has 0 unspecified atom stereocenters. The van der Waals surface area contributed by atoms with Gasteiger partial charge in [0.1, 0.15) is 17.3 Å². The summed E-state index contributed by atoms with van der Waals surface area (Å²) < 4.78 is 26.9. The maximum Gasteiger partial charge on any atom is 0.335 e. The van der Waals surface area contributed by atoms with Gasteiger partial charge in [-0.05, 0) is 62.4 Å². The van der Waals surface area contributed by atoms with Crippen LogP contribution in [0.2, 0.25) is 5.02 Å². The first-order valence-corrected chi connectivity index (χ1v) is 12.4. The van der Waals surface area contributed by atoms with E-state index in [1.54, 1.807) is 6.07 Å². The zero-order valence-electron chi connectivity index (χ0n) is 19.3. The number of aromatic nitrogens is 1. The molecule has 2 aliphatic carbocycles. The van der Waals surface area contributed by atoms with Gasteiger partial charge in [-0.1, -0.05) is 28.9 Å². The largest absolute Gasteiger partial charge is 0.478 e. The van der Waals surface area contributed by atoms with Gasteiger partial charge in [0.15, 0.2) is 0 Å². The molecule has 1 saturated heterocycles. The quantitative estimate of drug-likeness (QED) is 0.419. The zero-order valence-corrected chi connectivity index (χ0v) is 20.1. The molecule has 3 atom stereocenters. The molecule has 2 aromatic carbocycles. The van der Waals surface area contributed by atoms with E-state index in [0.717, 1.165) is 59.9 Å². The third kappa shape index (κ3) is 4.00. The van der Waals surface area contributed by atoms with Crippen LogP contribution in [0.4, 0.5) is 10.1 Å². The second kappa shape index (κ2) is 8.64. The highest BCUT2D eigenvalue weighted by Crippen LogP contribution is 2.47. The van der Waals surface area contributed by atoms with Crippen LogP contribution >= 0.6 is 11.6 Å². The van der Waals surface area contributed by atoms with Crippen molar-refractivity contribution >= 4 is 23.3 Å². The Kier molecular flexibility index (Phi) is 5.57. The van der Waals surface area contributed by atoms with E-state index in [9.17, 15) is 9.18 Å². The second-order valence-electron chi connectivity index (χ2n) is 9.94. The van der Waals surface area contributed by atoms with Crippen molar-refractivity contribution in [3.05, 3.63) is 69.7 Å². The lowest BCUT2D eigenvalue weighted by Crippen LogP contribution is -2.39. The Labute approximate surface area is 207 Å². The number of nitrogens with zero attached hydrogens (tertiary/aromatic N) is 2. The molecule has 2 bridgehead atoms. The number of rotatable bonds is 7. The number of aryl methyl sites for hydroxylation is 1. The highest BCUT2D eigenvalue weighted by molar-refractivity contribution is 6.33. The van der Waals surface area contributed by atoms with Gasteiger partial charge in [0.05, 0.1) is 29.0 Å². The summed E-state index contributed by atoms with van der Waals surface area (Å²) in [4.78, 5) is 13.2. The van der Waals surface area contributed by atoms with Crippen LogP contribution < -0.4 is 4.90 Å². The van der Waals surface area contributed by atoms with Crippen molar-refractivity contribution in [1.29, 1.82) is 0 Å². The molecule has 1 aliphatic heterocycles. The highest BCUT2D eigenvalue weighted by Gasteiger charge is 2.46. The van der Waals surface area contributed by atoms with Crippen LogP contribution in [0, 0.1) is 18.7 Å². The number of carbonyl (C=O) groups is 1. The van der Waals surface area contributed by atoms with E-state index in [2.05, 4.69) is 10.1 Å². The minimum Gasteiger partial charge on any atom is -0.478 e. The van der Waals surface area contributed by atoms with Crippen molar-refractivity contribution in [2.45, 2.75) is 57.3 Å².